The van der Waals surface area contributed by atoms with Crippen LogP contribution >= 0.6 is 0 Å². The highest BCUT2D eigenvalue weighted by Gasteiger charge is 2.75. The summed E-state index contributed by atoms with van der Waals surface area (Å²) in [5, 5.41) is 9.56. The smallest absolute Gasteiger partial charge is 0.430 e. The lowest BCUT2D eigenvalue weighted by Gasteiger charge is -2.39. The Bertz CT molecular complexity index is 484. The summed E-state index contributed by atoms with van der Waals surface area (Å²) >= 11 is 0. The van der Waals surface area contributed by atoms with E-state index in [2.05, 4.69) is 11.3 Å². The monoisotopic (exact) mass is 360 g/mol. The van der Waals surface area contributed by atoms with Crippen LogP contribution in [0.15, 0.2) is 12.7 Å². The van der Waals surface area contributed by atoms with Crippen LogP contribution in [-0.2, 0) is 9.53 Å². The van der Waals surface area contributed by atoms with Crippen molar-refractivity contribution < 1.29 is 41.0 Å². The number of halogens is 6. The van der Waals surface area contributed by atoms with Crippen LogP contribution in [0.5, 0.6) is 0 Å². The number of esters is 1. The molecule has 2 aliphatic carbocycles. The fraction of sp³-hybridized carbons (Fsp3) is 0.800. The molecule has 0 aromatic carbocycles. The van der Waals surface area contributed by atoms with E-state index in [-0.39, 0.29) is 11.8 Å². The first-order valence-electron chi connectivity index (χ1n) is 7.59. The van der Waals surface area contributed by atoms with Gasteiger partial charge in [0.2, 0.25) is 0 Å². The SMILES string of the molecule is C=CC(=O)OC(CC1CC2CCC1C2)C(O)(C(F)(F)F)C(F)(F)F. The van der Waals surface area contributed by atoms with Crippen LogP contribution in [0, 0.1) is 17.8 Å². The van der Waals surface area contributed by atoms with Crippen molar-refractivity contribution in [2.75, 3.05) is 0 Å². The molecule has 9 heteroatoms. The number of hydrogen-bond donors (Lipinski definition) is 1. The quantitative estimate of drug-likeness (QED) is 0.461. The molecule has 2 saturated carbocycles. The van der Waals surface area contributed by atoms with E-state index in [9.17, 15) is 36.2 Å². The van der Waals surface area contributed by atoms with Crippen LogP contribution in [0.3, 0.4) is 0 Å². The van der Waals surface area contributed by atoms with Crippen molar-refractivity contribution in [2.45, 2.75) is 56.2 Å². The average molecular weight is 360 g/mol. The Morgan fingerprint density at radius 3 is 2.12 bits per heavy atom. The largest absolute Gasteiger partial charge is 0.455 e. The van der Waals surface area contributed by atoms with E-state index < -0.39 is 42.4 Å². The lowest BCUT2D eigenvalue weighted by molar-refractivity contribution is -0.392. The van der Waals surface area contributed by atoms with Crippen molar-refractivity contribution in [1.29, 1.82) is 0 Å². The highest BCUT2D eigenvalue weighted by atomic mass is 19.4. The molecule has 2 bridgehead atoms. The van der Waals surface area contributed by atoms with E-state index in [1.807, 2.05) is 0 Å². The zero-order chi connectivity index (χ0) is 18.3. The summed E-state index contributed by atoms with van der Waals surface area (Å²) in [6, 6.07) is 0. The molecular formula is C15H18F6O3. The van der Waals surface area contributed by atoms with Gasteiger partial charge in [-0.15, -0.1) is 0 Å². The molecule has 2 rings (SSSR count). The van der Waals surface area contributed by atoms with Gasteiger partial charge in [-0.1, -0.05) is 13.0 Å². The van der Waals surface area contributed by atoms with Gasteiger partial charge in [0.15, 0.2) is 0 Å². The van der Waals surface area contributed by atoms with Gasteiger partial charge in [0.05, 0.1) is 0 Å². The first-order valence-corrected chi connectivity index (χ1v) is 7.59. The number of hydrogen-bond acceptors (Lipinski definition) is 3. The molecule has 0 spiro atoms. The third-order valence-electron chi connectivity index (χ3n) is 5.16. The van der Waals surface area contributed by atoms with E-state index in [1.165, 1.54) is 0 Å². The minimum absolute atomic E-state index is 0.00523. The normalized spacial score (nSPS) is 28.7. The first-order chi connectivity index (χ1) is 10.9. The molecule has 0 aromatic heterocycles. The van der Waals surface area contributed by atoms with Gasteiger partial charge in [-0.25, -0.2) is 4.79 Å². The van der Waals surface area contributed by atoms with Crippen molar-refractivity contribution in [3.05, 3.63) is 12.7 Å². The first kappa shape index (κ1) is 19.1. The minimum atomic E-state index is -6.03. The van der Waals surface area contributed by atoms with Crippen LogP contribution < -0.4 is 0 Å². The summed E-state index contributed by atoms with van der Waals surface area (Å²) < 4.78 is 82.8. The molecule has 0 amide bonds. The average Bonchev–Trinajstić information content (AvgIpc) is 3.05. The Hall–Kier alpha value is -1.25. The Kier molecular flexibility index (Phi) is 4.96. The fourth-order valence-electron chi connectivity index (χ4n) is 3.96. The predicted octanol–water partition coefficient (Wildman–Crippen LogP) is 3.77. The summed E-state index contributed by atoms with van der Waals surface area (Å²) in [6.07, 6.45) is -12.2. The molecule has 0 aromatic rings. The summed E-state index contributed by atoms with van der Waals surface area (Å²) in [6.45, 7) is 2.97. The van der Waals surface area contributed by atoms with Crippen molar-refractivity contribution in [3.63, 3.8) is 0 Å². The molecule has 0 heterocycles. The molecule has 3 nitrogen and oxygen atoms in total. The van der Waals surface area contributed by atoms with Gasteiger partial charge in [0.25, 0.3) is 5.60 Å². The molecule has 2 aliphatic rings. The molecule has 0 saturated heterocycles. The highest BCUT2D eigenvalue weighted by Crippen LogP contribution is 2.53. The zero-order valence-corrected chi connectivity index (χ0v) is 12.7. The third-order valence-corrected chi connectivity index (χ3v) is 5.16. The highest BCUT2D eigenvalue weighted by molar-refractivity contribution is 5.81. The molecular weight excluding hydrogens is 342 g/mol. The lowest BCUT2D eigenvalue weighted by atomic mass is 9.80. The van der Waals surface area contributed by atoms with Crippen LogP contribution in [0.2, 0.25) is 0 Å². The van der Waals surface area contributed by atoms with Crippen molar-refractivity contribution in [1.82, 2.24) is 0 Å². The second-order valence-electron chi connectivity index (χ2n) is 6.56. The summed E-state index contributed by atoms with van der Waals surface area (Å²) in [7, 11) is 0. The number of rotatable bonds is 5. The Labute approximate surface area is 134 Å². The summed E-state index contributed by atoms with van der Waals surface area (Å²) in [5.74, 6) is -1.59. The second-order valence-corrected chi connectivity index (χ2v) is 6.56. The number of aliphatic hydroxyl groups is 1. The standard InChI is InChI=1S/C15H18F6O3/c1-2-12(22)24-11(7-10-6-8-3-4-9(10)5-8)13(23,14(16,17)18)15(19,20)21/h2,8-11,23H,1,3-7H2. The molecule has 2 fully saturated rings. The van der Waals surface area contributed by atoms with E-state index in [0.717, 1.165) is 19.3 Å². The van der Waals surface area contributed by atoms with Gasteiger partial charge in [-0.05, 0) is 43.4 Å². The second kappa shape index (κ2) is 6.24. The number of fused-ring (bicyclic) bond motifs is 2. The van der Waals surface area contributed by atoms with Crippen molar-refractivity contribution >= 4 is 5.97 Å². The third kappa shape index (κ3) is 3.27. The van der Waals surface area contributed by atoms with Crippen LogP contribution in [0.1, 0.15) is 32.1 Å². The van der Waals surface area contributed by atoms with E-state index in [1.54, 1.807) is 0 Å². The number of carbonyl (C=O) groups is 1. The number of ether oxygens (including phenoxy) is 1. The van der Waals surface area contributed by atoms with Gasteiger partial charge in [-0.3, -0.25) is 0 Å². The maximum absolute atomic E-state index is 13.1. The topological polar surface area (TPSA) is 46.5 Å². The molecule has 4 atom stereocenters. The molecule has 24 heavy (non-hydrogen) atoms. The molecule has 1 N–H and O–H groups in total. The van der Waals surface area contributed by atoms with Crippen LogP contribution in [-0.4, -0.2) is 35.1 Å². The van der Waals surface area contributed by atoms with Gasteiger partial charge < -0.3 is 9.84 Å². The number of alkyl halides is 6. The van der Waals surface area contributed by atoms with Crippen molar-refractivity contribution in [2.24, 2.45) is 17.8 Å². The van der Waals surface area contributed by atoms with E-state index in [4.69, 9.17) is 0 Å². The van der Waals surface area contributed by atoms with Gasteiger partial charge in [0.1, 0.15) is 6.10 Å². The fourth-order valence-corrected chi connectivity index (χ4v) is 3.96. The lowest BCUT2D eigenvalue weighted by Crippen LogP contribution is -2.65. The predicted molar refractivity (Wildman–Crippen MR) is 70.7 cm³/mol. The van der Waals surface area contributed by atoms with Crippen LogP contribution in [0.4, 0.5) is 26.3 Å². The Morgan fingerprint density at radius 1 is 1.17 bits per heavy atom. The number of carbonyl (C=O) groups excluding carboxylic acids is 1. The van der Waals surface area contributed by atoms with Crippen molar-refractivity contribution in [3.8, 4) is 0 Å². The van der Waals surface area contributed by atoms with E-state index >= 15 is 0 Å². The molecule has 0 radical (unpaired) electrons. The molecule has 0 aliphatic heterocycles. The van der Waals surface area contributed by atoms with Gasteiger partial charge in [0, 0.05) is 6.08 Å². The maximum atomic E-state index is 13.1. The maximum Gasteiger partial charge on any atom is 0.430 e. The van der Waals surface area contributed by atoms with Gasteiger partial charge >= 0.3 is 18.3 Å². The van der Waals surface area contributed by atoms with E-state index in [0.29, 0.717) is 12.5 Å². The van der Waals surface area contributed by atoms with Crippen LogP contribution in [0.25, 0.3) is 0 Å². The Balaban J connectivity index is 2.32. The zero-order valence-electron chi connectivity index (χ0n) is 12.7. The summed E-state index contributed by atoms with van der Waals surface area (Å²) in [5.41, 5.74) is -5.11. The minimum Gasteiger partial charge on any atom is -0.455 e. The Morgan fingerprint density at radius 2 is 1.75 bits per heavy atom. The summed E-state index contributed by atoms with van der Waals surface area (Å²) in [4.78, 5) is 11.3. The molecule has 138 valence electrons. The van der Waals surface area contributed by atoms with Gasteiger partial charge in [-0.2, -0.15) is 26.3 Å². The molecule has 4 unspecified atom stereocenters.